The molecule has 4 heteroatoms. The van der Waals surface area contributed by atoms with Gasteiger partial charge in [-0.05, 0) is 11.8 Å². The Hall–Kier alpha value is 0.260. The molecule has 0 N–H and O–H groups in total. The second kappa shape index (κ2) is 2.89. The predicted octanol–water partition coefficient (Wildman–Crippen LogP) is -1.29. The van der Waals surface area contributed by atoms with Crippen LogP contribution in [-0.2, 0) is 0 Å². The standard InChI is InChI=1S/C8H18B4/c9-3-1-4(10)8-6(12)2-5(11)7(3)8/h3-8H,1-2,9-12H2. The van der Waals surface area contributed by atoms with Crippen molar-refractivity contribution in [1.82, 2.24) is 0 Å². The molecule has 0 aromatic rings. The third-order valence-corrected chi connectivity index (χ3v) is 4.56. The molecule has 0 radical (unpaired) electrons. The summed E-state index contributed by atoms with van der Waals surface area (Å²) in [6.07, 6.45) is 2.98. The highest BCUT2D eigenvalue weighted by molar-refractivity contribution is 6.21. The molecule has 0 aromatic heterocycles. The molecule has 0 aliphatic heterocycles. The first-order chi connectivity index (χ1) is 5.61. The second-order valence-electron chi connectivity index (χ2n) is 5.54. The average Bonchev–Trinajstić information content (AvgIpc) is 2.38. The minimum absolute atomic E-state index is 1.00. The minimum atomic E-state index is 1.00. The SMILES string of the molecule is BC1CC(B)C2C(B)CC(B)C12. The smallest absolute Gasteiger partial charge is 0.0675 e. The molecule has 2 rings (SSSR count). The predicted molar refractivity (Wildman–Crippen MR) is 65.4 cm³/mol. The van der Waals surface area contributed by atoms with E-state index < -0.39 is 0 Å². The van der Waals surface area contributed by atoms with Gasteiger partial charge in [-0.2, -0.15) is 0 Å². The van der Waals surface area contributed by atoms with Crippen molar-refractivity contribution in [3.05, 3.63) is 0 Å². The highest BCUT2D eigenvalue weighted by Crippen LogP contribution is 2.61. The van der Waals surface area contributed by atoms with Gasteiger partial charge in [-0.3, -0.25) is 0 Å². The topological polar surface area (TPSA) is 0 Å². The normalized spacial score (nSPS) is 58.7. The van der Waals surface area contributed by atoms with Gasteiger partial charge in [0.25, 0.3) is 0 Å². The lowest BCUT2D eigenvalue weighted by atomic mass is 9.66. The summed E-state index contributed by atoms with van der Waals surface area (Å²) < 4.78 is 0. The van der Waals surface area contributed by atoms with Crippen LogP contribution in [0.3, 0.4) is 0 Å². The van der Waals surface area contributed by atoms with Crippen molar-refractivity contribution in [2.24, 2.45) is 11.8 Å². The number of rotatable bonds is 0. The van der Waals surface area contributed by atoms with E-state index in [2.05, 4.69) is 31.4 Å². The summed E-state index contributed by atoms with van der Waals surface area (Å²) in [4.78, 5) is 0. The molecule has 0 aromatic carbocycles. The molecule has 0 bridgehead atoms. The minimum Gasteiger partial charge on any atom is -0.0675 e. The van der Waals surface area contributed by atoms with Crippen molar-refractivity contribution in [3.8, 4) is 0 Å². The highest BCUT2D eigenvalue weighted by atomic mass is 14.5. The van der Waals surface area contributed by atoms with Crippen molar-refractivity contribution in [2.45, 2.75) is 36.1 Å². The number of fused-ring (bicyclic) bond motifs is 1. The Labute approximate surface area is 79.9 Å². The van der Waals surface area contributed by atoms with Gasteiger partial charge in [0, 0.05) is 0 Å². The van der Waals surface area contributed by atoms with Gasteiger partial charge in [-0.1, -0.05) is 36.1 Å². The quantitative estimate of drug-likeness (QED) is 0.384. The molecule has 0 amide bonds. The lowest BCUT2D eigenvalue weighted by molar-refractivity contribution is 0.457. The molecule has 0 spiro atoms. The van der Waals surface area contributed by atoms with E-state index in [0.717, 1.165) is 35.1 Å². The monoisotopic (exact) mass is 158 g/mol. The summed E-state index contributed by atoms with van der Waals surface area (Å²) in [5, 5.41) is 0. The Balaban J connectivity index is 2.20. The van der Waals surface area contributed by atoms with E-state index in [4.69, 9.17) is 0 Å². The summed E-state index contributed by atoms with van der Waals surface area (Å²) >= 11 is 0. The number of hydrogen-bond donors (Lipinski definition) is 0. The van der Waals surface area contributed by atoms with E-state index in [9.17, 15) is 0 Å². The fourth-order valence-electron chi connectivity index (χ4n) is 4.44. The molecule has 0 heterocycles. The first-order valence-electron chi connectivity index (χ1n) is 5.61. The van der Waals surface area contributed by atoms with Gasteiger partial charge in [0.15, 0.2) is 0 Å². The molecule has 2 aliphatic rings. The van der Waals surface area contributed by atoms with Crippen LogP contribution in [0.4, 0.5) is 0 Å². The fraction of sp³-hybridized carbons (Fsp3) is 1.00. The van der Waals surface area contributed by atoms with Gasteiger partial charge in [-0.25, -0.2) is 0 Å². The zero-order chi connectivity index (χ0) is 8.88. The van der Waals surface area contributed by atoms with E-state index in [0.29, 0.717) is 0 Å². The van der Waals surface area contributed by atoms with Crippen molar-refractivity contribution in [1.29, 1.82) is 0 Å². The molecule has 62 valence electrons. The molecule has 2 aliphatic carbocycles. The van der Waals surface area contributed by atoms with Crippen LogP contribution in [0.1, 0.15) is 12.8 Å². The van der Waals surface area contributed by atoms with E-state index in [1.54, 1.807) is 0 Å². The van der Waals surface area contributed by atoms with Crippen LogP contribution < -0.4 is 0 Å². The van der Waals surface area contributed by atoms with Gasteiger partial charge >= 0.3 is 0 Å². The first-order valence-corrected chi connectivity index (χ1v) is 5.61. The molecular weight excluding hydrogens is 139 g/mol. The van der Waals surface area contributed by atoms with Crippen LogP contribution in [0.15, 0.2) is 0 Å². The van der Waals surface area contributed by atoms with Crippen molar-refractivity contribution in [3.63, 3.8) is 0 Å². The van der Waals surface area contributed by atoms with Crippen molar-refractivity contribution < 1.29 is 0 Å². The van der Waals surface area contributed by atoms with Crippen LogP contribution in [0.5, 0.6) is 0 Å². The molecule has 2 fully saturated rings. The Morgan fingerprint density at radius 2 is 0.833 bits per heavy atom. The largest absolute Gasteiger partial charge is 0.105 e. The fourth-order valence-corrected chi connectivity index (χ4v) is 4.44. The average molecular weight is 157 g/mol. The van der Waals surface area contributed by atoms with Gasteiger partial charge < -0.3 is 0 Å². The van der Waals surface area contributed by atoms with Crippen LogP contribution in [0.2, 0.25) is 23.3 Å². The number of hydrogen-bond acceptors (Lipinski definition) is 0. The third kappa shape index (κ3) is 1.10. The summed E-state index contributed by atoms with van der Waals surface area (Å²) in [6, 6.07) is 0. The van der Waals surface area contributed by atoms with Crippen LogP contribution in [0.25, 0.3) is 0 Å². The molecule has 12 heavy (non-hydrogen) atoms. The van der Waals surface area contributed by atoms with Gasteiger partial charge in [0.2, 0.25) is 0 Å². The highest BCUT2D eigenvalue weighted by Gasteiger charge is 2.47. The van der Waals surface area contributed by atoms with E-state index in [1.165, 1.54) is 12.8 Å². The maximum atomic E-state index is 2.47. The van der Waals surface area contributed by atoms with Crippen LogP contribution >= 0.6 is 0 Å². The Kier molecular flexibility index (Phi) is 2.13. The third-order valence-electron chi connectivity index (χ3n) is 4.56. The lowest BCUT2D eigenvalue weighted by Gasteiger charge is -2.21. The molecular formula is C8H18B4. The summed E-state index contributed by atoms with van der Waals surface area (Å²) in [7, 11) is 9.87. The van der Waals surface area contributed by atoms with E-state index >= 15 is 0 Å². The summed E-state index contributed by atoms with van der Waals surface area (Å²) in [6.45, 7) is 0. The maximum absolute atomic E-state index is 2.47. The van der Waals surface area contributed by atoms with Crippen molar-refractivity contribution in [2.75, 3.05) is 0 Å². The Bertz CT molecular complexity index is 148. The first kappa shape index (κ1) is 8.84. The summed E-state index contributed by atoms with van der Waals surface area (Å²) in [5.74, 6) is 6.15. The van der Waals surface area contributed by atoms with Crippen LogP contribution in [0, 0.1) is 11.8 Å². The molecule has 0 nitrogen and oxygen atoms in total. The zero-order valence-electron chi connectivity index (χ0n) is 8.88. The van der Waals surface area contributed by atoms with Gasteiger partial charge in [0.05, 0.1) is 0 Å². The Morgan fingerprint density at radius 1 is 0.583 bits per heavy atom. The van der Waals surface area contributed by atoms with Gasteiger partial charge in [0.1, 0.15) is 31.4 Å². The molecule has 4 atom stereocenters. The zero-order valence-corrected chi connectivity index (χ0v) is 8.88. The lowest BCUT2D eigenvalue weighted by Crippen LogP contribution is -2.13. The van der Waals surface area contributed by atoms with Gasteiger partial charge in [-0.15, -0.1) is 0 Å². The molecule has 2 saturated carbocycles. The molecule has 4 unspecified atom stereocenters. The van der Waals surface area contributed by atoms with Crippen LogP contribution in [-0.4, -0.2) is 31.4 Å². The van der Waals surface area contributed by atoms with E-state index in [1.807, 2.05) is 0 Å². The van der Waals surface area contributed by atoms with Crippen molar-refractivity contribution >= 4 is 31.4 Å². The Morgan fingerprint density at radius 3 is 1.08 bits per heavy atom. The second-order valence-corrected chi connectivity index (χ2v) is 5.54. The van der Waals surface area contributed by atoms with E-state index in [-0.39, 0.29) is 0 Å². The maximum Gasteiger partial charge on any atom is 0.105 e. The molecule has 0 saturated heterocycles. The summed E-state index contributed by atoms with van der Waals surface area (Å²) in [5.41, 5.74) is 0.